The predicted molar refractivity (Wildman–Crippen MR) is 41.3 cm³/mol. The number of hydrogen-bond acceptors (Lipinski definition) is 1. The maximum atomic E-state index is 5.16. The van der Waals surface area contributed by atoms with Gasteiger partial charge in [0.2, 0.25) is 0 Å². The number of hydrogen-bond donors (Lipinski definition) is 0. The fraction of sp³-hybridized carbons (Fsp3) is 0.429. The molecule has 1 atom stereocenters. The Kier molecular flexibility index (Phi) is 2.34. The molecule has 0 saturated carbocycles. The lowest BCUT2D eigenvalue weighted by molar-refractivity contribution is 0.185. The highest BCUT2D eigenvalue weighted by Gasteiger charge is 2.16. The van der Waals surface area contributed by atoms with Crippen LogP contribution in [0.2, 0.25) is 0 Å². The van der Waals surface area contributed by atoms with Gasteiger partial charge in [0, 0.05) is 4.48 Å². The summed E-state index contributed by atoms with van der Waals surface area (Å²) in [5.41, 5.74) is 0. The van der Waals surface area contributed by atoms with Gasteiger partial charge in [-0.25, -0.2) is 0 Å². The molecule has 1 rings (SSSR count). The summed E-state index contributed by atoms with van der Waals surface area (Å²) in [7, 11) is 0. The van der Waals surface area contributed by atoms with E-state index in [-0.39, 0.29) is 6.10 Å². The summed E-state index contributed by atoms with van der Waals surface area (Å²) < 4.78 is 6.32. The van der Waals surface area contributed by atoms with Gasteiger partial charge in [-0.2, -0.15) is 0 Å². The third kappa shape index (κ3) is 1.58. The van der Waals surface area contributed by atoms with Crippen molar-refractivity contribution in [1.82, 2.24) is 0 Å². The van der Waals surface area contributed by atoms with Crippen LogP contribution in [0.25, 0.3) is 0 Å². The lowest BCUT2D eigenvalue weighted by atomic mass is 10.3. The SMILES string of the molecule is C=COC1CCC=C1Br. The number of allylic oxidation sites excluding steroid dienone is 1. The molecule has 9 heavy (non-hydrogen) atoms. The smallest absolute Gasteiger partial charge is 0.129 e. The van der Waals surface area contributed by atoms with E-state index >= 15 is 0 Å². The zero-order valence-corrected chi connectivity index (χ0v) is 6.73. The van der Waals surface area contributed by atoms with Gasteiger partial charge >= 0.3 is 0 Å². The Hall–Kier alpha value is -0.240. The molecule has 0 aliphatic heterocycles. The Morgan fingerprint density at radius 3 is 3.11 bits per heavy atom. The third-order valence-electron chi connectivity index (χ3n) is 1.34. The molecule has 0 aromatic rings. The largest absolute Gasteiger partial charge is 0.493 e. The van der Waals surface area contributed by atoms with Crippen LogP contribution in [0.3, 0.4) is 0 Å². The minimum Gasteiger partial charge on any atom is -0.493 e. The summed E-state index contributed by atoms with van der Waals surface area (Å²) in [4.78, 5) is 0. The maximum absolute atomic E-state index is 5.16. The minimum atomic E-state index is 0.238. The van der Waals surface area contributed by atoms with Crippen molar-refractivity contribution in [1.29, 1.82) is 0 Å². The van der Waals surface area contributed by atoms with Gasteiger partial charge in [0.25, 0.3) is 0 Å². The molecule has 0 amide bonds. The highest BCUT2D eigenvalue weighted by atomic mass is 79.9. The summed E-state index contributed by atoms with van der Waals surface area (Å²) in [6, 6.07) is 0. The van der Waals surface area contributed by atoms with Crippen molar-refractivity contribution >= 4 is 15.9 Å². The van der Waals surface area contributed by atoms with Crippen LogP contribution in [0, 0.1) is 0 Å². The van der Waals surface area contributed by atoms with E-state index in [4.69, 9.17) is 4.74 Å². The normalized spacial score (nSPS) is 25.4. The Labute approximate surface area is 63.5 Å². The molecule has 0 radical (unpaired) electrons. The predicted octanol–water partition coefficient (Wildman–Crippen LogP) is 2.59. The van der Waals surface area contributed by atoms with E-state index in [1.165, 1.54) is 6.26 Å². The first-order valence-electron chi connectivity index (χ1n) is 2.96. The van der Waals surface area contributed by atoms with Gasteiger partial charge in [0.1, 0.15) is 6.10 Å². The van der Waals surface area contributed by atoms with Crippen molar-refractivity contribution in [2.24, 2.45) is 0 Å². The topological polar surface area (TPSA) is 9.23 Å². The average molecular weight is 189 g/mol. The number of ether oxygens (including phenoxy) is 1. The Balaban J connectivity index is 2.42. The molecule has 50 valence electrons. The molecule has 0 heterocycles. The van der Waals surface area contributed by atoms with E-state index in [1.54, 1.807) is 0 Å². The van der Waals surface area contributed by atoms with Crippen molar-refractivity contribution in [2.45, 2.75) is 18.9 Å². The summed E-state index contributed by atoms with van der Waals surface area (Å²) in [6.45, 7) is 3.49. The Morgan fingerprint density at radius 2 is 2.67 bits per heavy atom. The van der Waals surface area contributed by atoms with Gasteiger partial charge in [-0.3, -0.25) is 0 Å². The van der Waals surface area contributed by atoms with E-state index in [0.717, 1.165) is 17.3 Å². The average Bonchev–Trinajstić information content (AvgIpc) is 2.18. The Bertz CT molecular complexity index is 140. The van der Waals surface area contributed by atoms with Crippen molar-refractivity contribution in [3.8, 4) is 0 Å². The standard InChI is InChI=1S/C7H9BrO/c1-2-9-7-5-3-4-6(7)8/h2,4,7H,1,3,5H2. The highest BCUT2D eigenvalue weighted by Crippen LogP contribution is 2.26. The fourth-order valence-electron chi connectivity index (χ4n) is 0.891. The number of rotatable bonds is 2. The molecule has 1 nitrogen and oxygen atoms in total. The first kappa shape index (κ1) is 6.87. The third-order valence-corrected chi connectivity index (χ3v) is 2.17. The van der Waals surface area contributed by atoms with E-state index in [2.05, 4.69) is 28.6 Å². The van der Waals surface area contributed by atoms with Crippen molar-refractivity contribution < 1.29 is 4.74 Å². The molecule has 1 aliphatic rings. The van der Waals surface area contributed by atoms with Gasteiger partial charge in [0.15, 0.2) is 0 Å². The van der Waals surface area contributed by atoms with Gasteiger partial charge in [-0.1, -0.05) is 28.6 Å². The monoisotopic (exact) mass is 188 g/mol. The molecule has 0 fully saturated rings. The molecule has 0 aromatic heterocycles. The summed E-state index contributed by atoms with van der Waals surface area (Å²) in [5, 5.41) is 0. The molecule has 0 N–H and O–H groups in total. The van der Waals surface area contributed by atoms with Crippen LogP contribution in [-0.4, -0.2) is 6.10 Å². The van der Waals surface area contributed by atoms with E-state index in [0.29, 0.717) is 0 Å². The zero-order chi connectivity index (χ0) is 6.69. The van der Waals surface area contributed by atoms with E-state index < -0.39 is 0 Å². The van der Waals surface area contributed by atoms with Crippen LogP contribution >= 0.6 is 15.9 Å². The molecule has 1 unspecified atom stereocenters. The molecule has 0 spiro atoms. The van der Waals surface area contributed by atoms with E-state index in [1.807, 2.05) is 0 Å². The first-order chi connectivity index (χ1) is 4.34. The summed E-state index contributed by atoms with van der Waals surface area (Å²) in [5.74, 6) is 0. The molecule has 0 bridgehead atoms. The van der Waals surface area contributed by atoms with Crippen LogP contribution in [0.4, 0.5) is 0 Å². The zero-order valence-electron chi connectivity index (χ0n) is 5.14. The Morgan fingerprint density at radius 1 is 1.89 bits per heavy atom. The molecule has 2 heteroatoms. The van der Waals surface area contributed by atoms with Crippen LogP contribution < -0.4 is 0 Å². The summed E-state index contributed by atoms with van der Waals surface area (Å²) in [6.07, 6.45) is 6.05. The molecular weight excluding hydrogens is 180 g/mol. The molecule has 1 aliphatic carbocycles. The fourth-order valence-corrected chi connectivity index (χ4v) is 1.46. The minimum absolute atomic E-state index is 0.238. The highest BCUT2D eigenvalue weighted by molar-refractivity contribution is 9.11. The van der Waals surface area contributed by atoms with Crippen LogP contribution in [-0.2, 0) is 4.74 Å². The van der Waals surface area contributed by atoms with Crippen LogP contribution in [0.1, 0.15) is 12.8 Å². The van der Waals surface area contributed by atoms with Gasteiger partial charge in [0.05, 0.1) is 6.26 Å². The lowest BCUT2D eigenvalue weighted by Crippen LogP contribution is -2.03. The van der Waals surface area contributed by atoms with Crippen molar-refractivity contribution in [3.63, 3.8) is 0 Å². The van der Waals surface area contributed by atoms with Crippen molar-refractivity contribution in [2.75, 3.05) is 0 Å². The second-order valence-corrected chi connectivity index (χ2v) is 2.87. The van der Waals surface area contributed by atoms with Gasteiger partial charge in [-0.15, -0.1) is 0 Å². The van der Waals surface area contributed by atoms with Gasteiger partial charge < -0.3 is 4.74 Å². The second-order valence-electron chi connectivity index (χ2n) is 1.96. The van der Waals surface area contributed by atoms with Crippen LogP contribution in [0.15, 0.2) is 23.4 Å². The quantitative estimate of drug-likeness (QED) is 0.606. The number of halogens is 1. The molecule has 0 aromatic carbocycles. The summed E-state index contributed by atoms with van der Waals surface area (Å²) >= 11 is 3.39. The van der Waals surface area contributed by atoms with Crippen LogP contribution in [0.5, 0.6) is 0 Å². The molecule has 0 saturated heterocycles. The van der Waals surface area contributed by atoms with E-state index in [9.17, 15) is 0 Å². The molecular formula is C7H9BrO. The maximum Gasteiger partial charge on any atom is 0.129 e. The first-order valence-corrected chi connectivity index (χ1v) is 3.76. The van der Waals surface area contributed by atoms with Gasteiger partial charge in [-0.05, 0) is 12.8 Å². The lowest BCUT2D eigenvalue weighted by Gasteiger charge is -2.08. The second kappa shape index (κ2) is 3.06. The van der Waals surface area contributed by atoms with Crippen molar-refractivity contribution in [3.05, 3.63) is 23.4 Å².